The van der Waals surface area contributed by atoms with Crippen LogP contribution in [-0.2, 0) is 4.74 Å². The number of nitrogens with one attached hydrogen (secondary N) is 2. The van der Waals surface area contributed by atoms with Crippen LogP contribution in [-0.4, -0.2) is 31.4 Å². The fourth-order valence-electron chi connectivity index (χ4n) is 1.92. The van der Waals surface area contributed by atoms with Crippen molar-refractivity contribution in [3.8, 4) is 5.75 Å². The van der Waals surface area contributed by atoms with Gasteiger partial charge in [-0.25, -0.2) is 4.79 Å². The van der Waals surface area contributed by atoms with Crippen LogP contribution >= 0.6 is 0 Å². The average molecular weight is 322 g/mol. The molecule has 0 radical (unpaired) electrons. The number of rotatable bonds is 8. The van der Waals surface area contributed by atoms with Crippen LogP contribution < -0.4 is 15.4 Å². The van der Waals surface area contributed by atoms with Crippen LogP contribution in [0.4, 0.5) is 10.5 Å². The normalized spacial score (nSPS) is 11.0. The molecular weight excluding hydrogens is 292 g/mol. The second kappa shape index (κ2) is 9.28. The lowest BCUT2D eigenvalue weighted by molar-refractivity contribution is 0.0528. The molecular formula is C18H30N2O3. The van der Waals surface area contributed by atoms with Gasteiger partial charge in [0, 0.05) is 13.1 Å². The second-order valence-electron chi connectivity index (χ2n) is 6.56. The molecule has 0 aromatic heterocycles. The van der Waals surface area contributed by atoms with Gasteiger partial charge >= 0.3 is 6.09 Å². The molecule has 1 aromatic carbocycles. The van der Waals surface area contributed by atoms with Gasteiger partial charge in [0.05, 0.1) is 12.3 Å². The SMILES string of the molecule is CCCOc1cc(C)ccc1NCCCNC(=O)OC(C)(C)C. The molecule has 0 aliphatic rings. The molecule has 0 fully saturated rings. The summed E-state index contributed by atoms with van der Waals surface area (Å²) in [6.45, 7) is 11.7. The lowest BCUT2D eigenvalue weighted by atomic mass is 10.2. The minimum absolute atomic E-state index is 0.375. The van der Waals surface area contributed by atoms with E-state index in [-0.39, 0.29) is 6.09 Å². The van der Waals surface area contributed by atoms with Crippen molar-refractivity contribution in [2.75, 3.05) is 25.0 Å². The Bertz CT molecular complexity index is 496. The quantitative estimate of drug-likeness (QED) is 0.707. The van der Waals surface area contributed by atoms with Crippen LogP contribution in [0.1, 0.15) is 46.1 Å². The Labute approximate surface area is 139 Å². The maximum Gasteiger partial charge on any atom is 0.407 e. The first-order valence-electron chi connectivity index (χ1n) is 8.26. The smallest absolute Gasteiger partial charge is 0.407 e. The van der Waals surface area contributed by atoms with E-state index in [9.17, 15) is 4.79 Å². The Morgan fingerprint density at radius 1 is 1.22 bits per heavy atom. The predicted octanol–water partition coefficient (Wildman–Crippen LogP) is 4.11. The molecule has 5 heteroatoms. The highest BCUT2D eigenvalue weighted by Gasteiger charge is 2.15. The highest BCUT2D eigenvalue weighted by atomic mass is 16.6. The van der Waals surface area contributed by atoms with Crippen LogP contribution in [0.5, 0.6) is 5.75 Å². The number of benzene rings is 1. The Morgan fingerprint density at radius 3 is 2.61 bits per heavy atom. The number of carbonyl (C=O) groups is 1. The minimum Gasteiger partial charge on any atom is -0.491 e. The molecule has 1 aromatic rings. The van der Waals surface area contributed by atoms with Gasteiger partial charge in [0.25, 0.3) is 0 Å². The Hall–Kier alpha value is -1.91. The molecule has 5 nitrogen and oxygen atoms in total. The van der Waals surface area contributed by atoms with Crippen molar-refractivity contribution in [1.29, 1.82) is 0 Å². The van der Waals surface area contributed by atoms with Crippen LogP contribution in [0, 0.1) is 6.92 Å². The van der Waals surface area contributed by atoms with Crippen molar-refractivity contribution in [3.05, 3.63) is 23.8 Å². The average Bonchev–Trinajstić information content (AvgIpc) is 2.44. The van der Waals surface area contributed by atoms with E-state index >= 15 is 0 Å². The van der Waals surface area contributed by atoms with Crippen LogP contribution in [0.25, 0.3) is 0 Å². The largest absolute Gasteiger partial charge is 0.491 e. The summed E-state index contributed by atoms with van der Waals surface area (Å²) in [5.74, 6) is 0.881. The molecule has 0 aliphatic heterocycles. The highest BCUT2D eigenvalue weighted by molar-refractivity contribution is 5.67. The highest BCUT2D eigenvalue weighted by Crippen LogP contribution is 2.25. The summed E-state index contributed by atoms with van der Waals surface area (Å²) in [5, 5.41) is 6.11. The maximum absolute atomic E-state index is 11.5. The third kappa shape index (κ3) is 8.33. The Kier molecular flexibility index (Phi) is 7.72. The van der Waals surface area contributed by atoms with Gasteiger partial charge in [-0.05, 0) is 58.2 Å². The van der Waals surface area contributed by atoms with Crippen molar-refractivity contribution in [2.24, 2.45) is 0 Å². The van der Waals surface area contributed by atoms with Crippen molar-refractivity contribution >= 4 is 11.8 Å². The number of amides is 1. The first kappa shape index (κ1) is 19.1. The van der Waals surface area contributed by atoms with Crippen LogP contribution in [0.15, 0.2) is 18.2 Å². The zero-order valence-electron chi connectivity index (χ0n) is 15.0. The summed E-state index contributed by atoms with van der Waals surface area (Å²) >= 11 is 0. The number of aryl methyl sites for hydroxylation is 1. The fourth-order valence-corrected chi connectivity index (χ4v) is 1.92. The third-order valence-corrected chi connectivity index (χ3v) is 2.94. The molecule has 1 amide bonds. The first-order valence-corrected chi connectivity index (χ1v) is 8.26. The number of ether oxygens (including phenoxy) is 2. The summed E-state index contributed by atoms with van der Waals surface area (Å²) < 4.78 is 11.0. The van der Waals surface area contributed by atoms with E-state index < -0.39 is 5.60 Å². The van der Waals surface area contributed by atoms with E-state index in [1.165, 1.54) is 5.56 Å². The first-order chi connectivity index (χ1) is 10.8. The van der Waals surface area contributed by atoms with Gasteiger partial charge in [-0.2, -0.15) is 0 Å². The van der Waals surface area contributed by atoms with E-state index in [4.69, 9.17) is 9.47 Å². The zero-order chi connectivity index (χ0) is 17.3. The van der Waals surface area contributed by atoms with Gasteiger partial charge in [0.1, 0.15) is 11.4 Å². The molecule has 23 heavy (non-hydrogen) atoms. The second-order valence-corrected chi connectivity index (χ2v) is 6.56. The van der Waals surface area contributed by atoms with Crippen molar-refractivity contribution < 1.29 is 14.3 Å². The molecule has 1 rings (SSSR count). The summed E-state index contributed by atoms with van der Waals surface area (Å²) in [7, 11) is 0. The predicted molar refractivity (Wildman–Crippen MR) is 94.3 cm³/mol. The third-order valence-electron chi connectivity index (χ3n) is 2.94. The fraction of sp³-hybridized carbons (Fsp3) is 0.611. The lowest BCUT2D eigenvalue weighted by Gasteiger charge is -2.19. The van der Waals surface area contributed by atoms with Crippen molar-refractivity contribution in [2.45, 2.75) is 53.1 Å². The molecule has 0 saturated heterocycles. The summed E-state index contributed by atoms with van der Waals surface area (Å²) in [6.07, 6.45) is 1.41. The number of hydrogen-bond acceptors (Lipinski definition) is 4. The van der Waals surface area contributed by atoms with Gasteiger partial charge in [0.2, 0.25) is 0 Å². The molecule has 2 N–H and O–H groups in total. The number of anilines is 1. The molecule has 130 valence electrons. The maximum atomic E-state index is 11.5. The van der Waals surface area contributed by atoms with E-state index in [2.05, 4.69) is 23.6 Å². The molecule has 0 spiro atoms. The Balaban J connectivity index is 2.34. The molecule has 0 unspecified atom stereocenters. The number of alkyl carbamates (subject to hydrolysis) is 1. The van der Waals surface area contributed by atoms with Gasteiger partial charge in [-0.15, -0.1) is 0 Å². The summed E-state index contributed by atoms with van der Waals surface area (Å²) in [4.78, 5) is 11.5. The molecule has 0 saturated carbocycles. The molecule has 0 bridgehead atoms. The number of carbonyl (C=O) groups excluding carboxylic acids is 1. The zero-order valence-corrected chi connectivity index (χ0v) is 15.0. The van der Waals surface area contributed by atoms with Crippen molar-refractivity contribution in [3.63, 3.8) is 0 Å². The molecule has 0 aliphatic carbocycles. The summed E-state index contributed by atoms with van der Waals surface area (Å²) in [5.41, 5.74) is 1.70. The van der Waals surface area contributed by atoms with E-state index in [1.54, 1.807) is 0 Å². The van der Waals surface area contributed by atoms with E-state index in [1.807, 2.05) is 39.8 Å². The van der Waals surface area contributed by atoms with Gasteiger partial charge < -0.3 is 20.1 Å². The molecule has 0 atom stereocenters. The topological polar surface area (TPSA) is 59.6 Å². The monoisotopic (exact) mass is 322 g/mol. The lowest BCUT2D eigenvalue weighted by Crippen LogP contribution is -2.33. The van der Waals surface area contributed by atoms with E-state index in [0.29, 0.717) is 13.2 Å². The van der Waals surface area contributed by atoms with E-state index in [0.717, 1.165) is 30.8 Å². The van der Waals surface area contributed by atoms with Crippen LogP contribution in [0.2, 0.25) is 0 Å². The molecule has 0 heterocycles. The standard InChI is InChI=1S/C18H30N2O3/c1-6-12-22-16-13-14(2)8-9-15(16)19-10-7-11-20-17(21)23-18(3,4)5/h8-9,13,19H,6-7,10-12H2,1-5H3,(H,20,21). The van der Waals surface area contributed by atoms with Gasteiger partial charge in [-0.1, -0.05) is 13.0 Å². The van der Waals surface area contributed by atoms with Gasteiger partial charge in [0.15, 0.2) is 0 Å². The summed E-state index contributed by atoms with van der Waals surface area (Å²) in [6, 6.07) is 6.12. The Morgan fingerprint density at radius 2 is 1.96 bits per heavy atom. The van der Waals surface area contributed by atoms with Gasteiger partial charge in [-0.3, -0.25) is 0 Å². The van der Waals surface area contributed by atoms with Crippen molar-refractivity contribution in [1.82, 2.24) is 5.32 Å². The van der Waals surface area contributed by atoms with Crippen LogP contribution in [0.3, 0.4) is 0 Å². The number of hydrogen-bond donors (Lipinski definition) is 2. The minimum atomic E-state index is -0.463.